The summed E-state index contributed by atoms with van der Waals surface area (Å²) in [5.41, 5.74) is 2.16. The van der Waals surface area contributed by atoms with Crippen molar-refractivity contribution in [2.45, 2.75) is 32.9 Å². The molecule has 0 amide bonds. The second-order valence-electron chi connectivity index (χ2n) is 5.03. The molecule has 2 nitrogen and oxygen atoms in total. The molecule has 4 heteroatoms. The maximum absolute atomic E-state index is 13.9. The molecule has 0 aliphatic rings. The van der Waals surface area contributed by atoms with E-state index in [0.717, 1.165) is 12.0 Å². The van der Waals surface area contributed by atoms with E-state index in [1.54, 1.807) is 17.4 Å². The molecule has 2 rings (SSSR count). The third-order valence-electron chi connectivity index (χ3n) is 2.94. The number of thiophene rings is 1. The molecule has 2 aromatic rings. The lowest BCUT2D eigenvalue weighted by Gasteiger charge is -2.10. The van der Waals surface area contributed by atoms with E-state index in [1.165, 1.54) is 11.6 Å². The Balaban J connectivity index is 1.85. The van der Waals surface area contributed by atoms with Gasteiger partial charge in [-0.1, -0.05) is 19.9 Å². The molecule has 0 spiro atoms. The number of nitrogens with one attached hydrogen (secondary N) is 1. The largest absolute Gasteiger partial charge is 0.490 e. The molecule has 0 saturated heterocycles. The first kappa shape index (κ1) is 15.0. The molecule has 1 aromatic carbocycles. The van der Waals surface area contributed by atoms with E-state index in [2.05, 4.69) is 30.6 Å². The first-order valence-electron chi connectivity index (χ1n) is 6.81. The number of ether oxygens (including phenoxy) is 1. The van der Waals surface area contributed by atoms with Crippen LogP contribution < -0.4 is 10.1 Å². The summed E-state index contributed by atoms with van der Waals surface area (Å²) in [7, 11) is 0. The van der Waals surface area contributed by atoms with E-state index in [-0.39, 0.29) is 5.82 Å². The van der Waals surface area contributed by atoms with Crippen LogP contribution in [-0.2, 0) is 13.0 Å². The van der Waals surface area contributed by atoms with Gasteiger partial charge in [-0.15, -0.1) is 0 Å². The highest BCUT2D eigenvalue weighted by Gasteiger charge is 2.05. The van der Waals surface area contributed by atoms with Crippen LogP contribution in [0.5, 0.6) is 5.75 Å². The minimum atomic E-state index is -0.293. The van der Waals surface area contributed by atoms with Gasteiger partial charge in [0, 0.05) is 19.0 Å². The van der Waals surface area contributed by atoms with Crippen LogP contribution in [0.2, 0.25) is 0 Å². The molecule has 0 bridgehead atoms. The van der Waals surface area contributed by atoms with Crippen molar-refractivity contribution >= 4 is 11.3 Å². The second-order valence-corrected chi connectivity index (χ2v) is 5.81. The van der Waals surface area contributed by atoms with E-state index in [4.69, 9.17) is 4.74 Å². The summed E-state index contributed by atoms with van der Waals surface area (Å²) in [6, 6.07) is 7.60. The number of rotatable bonds is 7. The molecule has 0 atom stereocenters. The molecule has 20 heavy (non-hydrogen) atoms. The van der Waals surface area contributed by atoms with Crippen LogP contribution in [0.3, 0.4) is 0 Å². The molecule has 1 aromatic heterocycles. The van der Waals surface area contributed by atoms with Crippen LogP contribution in [-0.4, -0.2) is 12.6 Å². The van der Waals surface area contributed by atoms with Crippen LogP contribution >= 0.6 is 11.3 Å². The second kappa shape index (κ2) is 7.41. The fraction of sp³-hybridized carbons (Fsp3) is 0.375. The van der Waals surface area contributed by atoms with E-state index < -0.39 is 0 Å². The average Bonchev–Trinajstić information content (AvgIpc) is 2.92. The Bertz CT molecular complexity index is 525. The Labute approximate surface area is 123 Å². The van der Waals surface area contributed by atoms with Crippen molar-refractivity contribution in [1.82, 2.24) is 5.32 Å². The van der Waals surface area contributed by atoms with Gasteiger partial charge in [-0.3, -0.25) is 0 Å². The van der Waals surface area contributed by atoms with Crippen LogP contribution in [0.15, 0.2) is 35.0 Å². The maximum atomic E-state index is 13.9. The van der Waals surface area contributed by atoms with Crippen molar-refractivity contribution < 1.29 is 9.13 Å². The first-order chi connectivity index (χ1) is 9.65. The summed E-state index contributed by atoms with van der Waals surface area (Å²) in [4.78, 5) is 0. The third kappa shape index (κ3) is 4.62. The quantitative estimate of drug-likeness (QED) is 0.833. The van der Waals surface area contributed by atoms with Gasteiger partial charge in [-0.05, 0) is 40.1 Å². The fourth-order valence-electron chi connectivity index (χ4n) is 1.81. The molecule has 0 aliphatic carbocycles. The Hall–Kier alpha value is -1.39. The average molecular weight is 293 g/mol. The van der Waals surface area contributed by atoms with E-state index in [0.29, 0.717) is 24.9 Å². The van der Waals surface area contributed by atoms with E-state index in [9.17, 15) is 4.39 Å². The topological polar surface area (TPSA) is 21.3 Å². The lowest BCUT2D eigenvalue weighted by molar-refractivity contribution is 0.305. The van der Waals surface area contributed by atoms with Crippen molar-refractivity contribution in [2.75, 3.05) is 6.61 Å². The maximum Gasteiger partial charge on any atom is 0.165 e. The number of benzene rings is 1. The number of hydrogen-bond donors (Lipinski definition) is 1. The Morgan fingerprint density at radius 1 is 1.25 bits per heavy atom. The minimum absolute atomic E-state index is 0.293. The number of halogens is 1. The zero-order valence-electron chi connectivity index (χ0n) is 11.9. The predicted molar refractivity (Wildman–Crippen MR) is 81.9 cm³/mol. The lowest BCUT2D eigenvalue weighted by Crippen LogP contribution is -2.21. The highest BCUT2D eigenvalue weighted by atomic mass is 32.1. The van der Waals surface area contributed by atoms with Gasteiger partial charge < -0.3 is 10.1 Å². The summed E-state index contributed by atoms with van der Waals surface area (Å²) in [6.45, 7) is 5.30. The van der Waals surface area contributed by atoms with Gasteiger partial charge in [0.15, 0.2) is 11.6 Å². The zero-order chi connectivity index (χ0) is 14.4. The van der Waals surface area contributed by atoms with Crippen molar-refractivity contribution in [3.05, 3.63) is 52.0 Å². The molecular weight excluding hydrogens is 273 g/mol. The van der Waals surface area contributed by atoms with Crippen molar-refractivity contribution in [3.8, 4) is 5.75 Å². The van der Waals surface area contributed by atoms with Gasteiger partial charge in [-0.25, -0.2) is 4.39 Å². The van der Waals surface area contributed by atoms with Crippen molar-refractivity contribution in [1.29, 1.82) is 0 Å². The van der Waals surface area contributed by atoms with Gasteiger partial charge >= 0.3 is 0 Å². The van der Waals surface area contributed by atoms with Gasteiger partial charge in [0.2, 0.25) is 0 Å². The summed E-state index contributed by atoms with van der Waals surface area (Å²) in [5.74, 6) is 0.0342. The molecule has 0 aliphatic heterocycles. The van der Waals surface area contributed by atoms with Gasteiger partial charge in [0.1, 0.15) is 0 Å². The monoisotopic (exact) mass is 293 g/mol. The minimum Gasteiger partial charge on any atom is -0.490 e. The lowest BCUT2D eigenvalue weighted by atomic mass is 10.2. The van der Waals surface area contributed by atoms with Crippen molar-refractivity contribution in [3.63, 3.8) is 0 Å². The van der Waals surface area contributed by atoms with Gasteiger partial charge in [-0.2, -0.15) is 11.3 Å². The smallest absolute Gasteiger partial charge is 0.165 e. The first-order valence-corrected chi connectivity index (χ1v) is 7.75. The van der Waals surface area contributed by atoms with Gasteiger partial charge in [0.05, 0.1) is 6.61 Å². The molecule has 0 unspecified atom stereocenters. The summed E-state index contributed by atoms with van der Waals surface area (Å²) in [5, 5.41) is 7.38. The normalized spacial score (nSPS) is 11.0. The molecule has 0 fully saturated rings. The van der Waals surface area contributed by atoms with Crippen LogP contribution in [0, 0.1) is 5.82 Å². The van der Waals surface area contributed by atoms with Crippen LogP contribution in [0.4, 0.5) is 4.39 Å². The SMILES string of the molecule is CC(C)NCc1ccc(OCCc2ccsc2)c(F)c1. The predicted octanol–water partition coefficient (Wildman–Crippen LogP) is 4.01. The number of hydrogen-bond acceptors (Lipinski definition) is 3. The summed E-state index contributed by atoms with van der Waals surface area (Å²) < 4.78 is 19.4. The Morgan fingerprint density at radius 3 is 2.75 bits per heavy atom. The Kier molecular flexibility index (Phi) is 5.56. The molecule has 0 saturated carbocycles. The van der Waals surface area contributed by atoms with E-state index in [1.807, 2.05) is 11.4 Å². The third-order valence-corrected chi connectivity index (χ3v) is 3.67. The molecule has 108 valence electrons. The van der Waals surface area contributed by atoms with Crippen molar-refractivity contribution in [2.24, 2.45) is 0 Å². The standard InChI is InChI=1S/C16H20FNOS/c1-12(2)18-10-14-3-4-16(15(17)9-14)19-7-5-13-6-8-20-11-13/h3-4,6,8-9,11-12,18H,5,7,10H2,1-2H3. The molecule has 1 N–H and O–H groups in total. The van der Waals surface area contributed by atoms with E-state index >= 15 is 0 Å². The highest BCUT2D eigenvalue weighted by Crippen LogP contribution is 2.19. The van der Waals surface area contributed by atoms with Crippen LogP contribution in [0.25, 0.3) is 0 Å². The zero-order valence-corrected chi connectivity index (χ0v) is 12.7. The van der Waals surface area contributed by atoms with Crippen LogP contribution in [0.1, 0.15) is 25.0 Å². The fourth-order valence-corrected chi connectivity index (χ4v) is 2.51. The molecule has 0 radical (unpaired) electrons. The summed E-state index contributed by atoms with van der Waals surface area (Å²) in [6.07, 6.45) is 0.805. The molecule has 1 heterocycles. The molecular formula is C16H20FNOS. The Morgan fingerprint density at radius 2 is 2.10 bits per heavy atom. The van der Waals surface area contributed by atoms with Gasteiger partial charge in [0.25, 0.3) is 0 Å². The highest BCUT2D eigenvalue weighted by molar-refractivity contribution is 7.07. The summed E-state index contributed by atoms with van der Waals surface area (Å²) >= 11 is 1.66.